The van der Waals surface area contributed by atoms with Gasteiger partial charge >= 0.3 is 0 Å². The van der Waals surface area contributed by atoms with Crippen LogP contribution < -0.4 is 10.2 Å². The van der Waals surface area contributed by atoms with Crippen LogP contribution in [-0.2, 0) is 6.61 Å². The molecule has 0 saturated carbocycles. The highest BCUT2D eigenvalue weighted by Crippen LogP contribution is 2.16. The van der Waals surface area contributed by atoms with E-state index < -0.39 is 0 Å². The van der Waals surface area contributed by atoms with E-state index >= 15 is 0 Å². The van der Waals surface area contributed by atoms with Gasteiger partial charge in [-0.15, -0.1) is 0 Å². The zero-order valence-electron chi connectivity index (χ0n) is 11.6. The highest BCUT2D eigenvalue weighted by Gasteiger charge is 2.07. The quantitative estimate of drug-likeness (QED) is 0.897. The molecule has 0 heterocycles. The molecule has 104 valence electrons. The molecule has 0 aliphatic carbocycles. The van der Waals surface area contributed by atoms with Crippen molar-refractivity contribution in [1.29, 1.82) is 0 Å². The summed E-state index contributed by atoms with van der Waals surface area (Å²) in [5.74, 6) is -0.148. The van der Waals surface area contributed by atoms with Gasteiger partial charge in [0.1, 0.15) is 0 Å². The van der Waals surface area contributed by atoms with E-state index in [9.17, 15) is 4.79 Å². The zero-order chi connectivity index (χ0) is 14.5. The van der Waals surface area contributed by atoms with Crippen molar-refractivity contribution < 1.29 is 9.90 Å². The molecule has 0 saturated heterocycles. The molecule has 0 fully saturated rings. The Kier molecular flexibility index (Phi) is 4.38. The fourth-order valence-corrected chi connectivity index (χ4v) is 1.82. The summed E-state index contributed by atoms with van der Waals surface area (Å²) >= 11 is 0. The van der Waals surface area contributed by atoms with E-state index in [0.717, 1.165) is 11.3 Å². The zero-order valence-corrected chi connectivity index (χ0v) is 11.6. The molecule has 0 atom stereocenters. The molecule has 0 aliphatic heterocycles. The van der Waals surface area contributed by atoms with E-state index in [1.165, 1.54) is 0 Å². The van der Waals surface area contributed by atoms with Crippen molar-refractivity contribution >= 4 is 17.3 Å². The minimum absolute atomic E-state index is 0.000887. The Balaban J connectivity index is 2.12. The predicted octanol–water partition coefficient (Wildman–Crippen LogP) is 2.50. The van der Waals surface area contributed by atoms with Crippen LogP contribution in [0.1, 0.15) is 15.9 Å². The Hall–Kier alpha value is -2.33. The van der Waals surface area contributed by atoms with Crippen LogP contribution in [0.4, 0.5) is 11.4 Å². The van der Waals surface area contributed by atoms with Crippen LogP contribution >= 0.6 is 0 Å². The number of benzene rings is 2. The van der Waals surface area contributed by atoms with Crippen LogP contribution in [0.15, 0.2) is 48.5 Å². The van der Waals surface area contributed by atoms with Gasteiger partial charge < -0.3 is 15.3 Å². The Bertz CT molecular complexity index is 592. The maximum atomic E-state index is 12.2. The average Bonchev–Trinajstić information content (AvgIpc) is 2.48. The Morgan fingerprint density at radius 3 is 2.45 bits per heavy atom. The number of aliphatic hydroxyl groups excluding tert-OH is 1. The largest absolute Gasteiger partial charge is 0.392 e. The lowest BCUT2D eigenvalue weighted by molar-refractivity contribution is 0.102. The lowest BCUT2D eigenvalue weighted by Gasteiger charge is -2.13. The third-order valence-corrected chi connectivity index (χ3v) is 3.02. The number of rotatable bonds is 4. The number of hydrogen-bond donors (Lipinski definition) is 2. The normalized spacial score (nSPS) is 10.2. The summed E-state index contributed by atoms with van der Waals surface area (Å²) in [5, 5.41) is 11.8. The second-order valence-electron chi connectivity index (χ2n) is 4.75. The first kappa shape index (κ1) is 14.1. The van der Waals surface area contributed by atoms with Gasteiger partial charge in [0.05, 0.1) is 6.61 Å². The number of anilines is 2. The van der Waals surface area contributed by atoms with Crippen LogP contribution in [0, 0.1) is 0 Å². The molecule has 2 rings (SSSR count). The van der Waals surface area contributed by atoms with Crippen molar-refractivity contribution in [3.63, 3.8) is 0 Å². The molecular weight excluding hydrogens is 252 g/mol. The van der Waals surface area contributed by atoms with Gasteiger partial charge in [0.25, 0.3) is 5.91 Å². The number of aliphatic hydroxyl groups is 1. The van der Waals surface area contributed by atoms with E-state index in [2.05, 4.69) is 5.32 Å². The van der Waals surface area contributed by atoms with Crippen molar-refractivity contribution in [2.45, 2.75) is 6.61 Å². The van der Waals surface area contributed by atoms with E-state index in [1.54, 1.807) is 30.3 Å². The summed E-state index contributed by atoms with van der Waals surface area (Å²) in [6, 6.07) is 14.6. The summed E-state index contributed by atoms with van der Waals surface area (Å²) < 4.78 is 0. The molecule has 0 radical (unpaired) electrons. The minimum Gasteiger partial charge on any atom is -0.392 e. The molecule has 0 aliphatic rings. The molecule has 0 bridgehead atoms. The first-order chi connectivity index (χ1) is 9.60. The molecular formula is C16H18N2O2. The van der Waals surface area contributed by atoms with Gasteiger partial charge in [-0.25, -0.2) is 0 Å². The number of nitrogens with zero attached hydrogens (tertiary/aromatic N) is 1. The van der Waals surface area contributed by atoms with Gasteiger partial charge in [0, 0.05) is 31.0 Å². The smallest absolute Gasteiger partial charge is 0.255 e. The summed E-state index contributed by atoms with van der Waals surface area (Å²) in [4.78, 5) is 14.1. The van der Waals surface area contributed by atoms with Crippen molar-refractivity contribution in [1.82, 2.24) is 0 Å². The van der Waals surface area contributed by atoms with E-state index in [-0.39, 0.29) is 12.5 Å². The lowest BCUT2D eigenvalue weighted by atomic mass is 10.1. The van der Waals surface area contributed by atoms with Gasteiger partial charge in [-0.3, -0.25) is 4.79 Å². The van der Waals surface area contributed by atoms with Gasteiger partial charge in [0.2, 0.25) is 0 Å². The first-order valence-electron chi connectivity index (χ1n) is 6.38. The molecule has 0 spiro atoms. The van der Waals surface area contributed by atoms with E-state index in [4.69, 9.17) is 5.11 Å². The highest BCUT2D eigenvalue weighted by atomic mass is 16.3. The van der Waals surface area contributed by atoms with Crippen molar-refractivity contribution in [3.05, 3.63) is 59.7 Å². The standard InChI is InChI=1S/C16H18N2O2/c1-18(2)15-5-3-4-13(10-15)16(20)17-14-8-6-12(11-19)7-9-14/h3-10,19H,11H2,1-2H3,(H,17,20). The Morgan fingerprint density at radius 1 is 1.15 bits per heavy atom. The molecule has 20 heavy (non-hydrogen) atoms. The van der Waals surface area contributed by atoms with Crippen molar-refractivity contribution in [2.75, 3.05) is 24.3 Å². The van der Waals surface area contributed by atoms with Gasteiger partial charge in [-0.05, 0) is 35.9 Å². The molecule has 0 unspecified atom stereocenters. The summed E-state index contributed by atoms with van der Waals surface area (Å²) in [6.45, 7) is -0.000887. The van der Waals surface area contributed by atoms with E-state index in [1.807, 2.05) is 37.2 Å². The highest BCUT2D eigenvalue weighted by molar-refractivity contribution is 6.04. The summed E-state index contributed by atoms with van der Waals surface area (Å²) in [5.41, 5.74) is 3.12. The second-order valence-corrected chi connectivity index (χ2v) is 4.75. The van der Waals surface area contributed by atoms with Gasteiger partial charge in [-0.2, -0.15) is 0 Å². The first-order valence-corrected chi connectivity index (χ1v) is 6.38. The van der Waals surface area contributed by atoms with E-state index in [0.29, 0.717) is 11.3 Å². The monoisotopic (exact) mass is 270 g/mol. The third kappa shape index (κ3) is 3.36. The Labute approximate surface area is 118 Å². The number of amides is 1. The number of hydrogen-bond acceptors (Lipinski definition) is 3. The molecule has 2 N–H and O–H groups in total. The summed E-state index contributed by atoms with van der Waals surface area (Å²) in [7, 11) is 3.87. The maximum absolute atomic E-state index is 12.2. The topological polar surface area (TPSA) is 52.6 Å². The Morgan fingerprint density at radius 2 is 1.85 bits per heavy atom. The number of nitrogens with one attached hydrogen (secondary N) is 1. The predicted molar refractivity (Wildman–Crippen MR) is 81.1 cm³/mol. The minimum atomic E-state index is -0.148. The molecule has 4 nitrogen and oxygen atoms in total. The average molecular weight is 270 g/mol. The van der Waals surface area contributed by atoms with Crippen molar-refractivity contribution in [2.24, 2.45) is 0 Å². The fourth-order valence-electron chi connectivity index (χ4n) is 1.82. The summed E-state index contributed by atoms with van der Waals surface area (Å²) in [6.07, 6.45) is 0. The molecule has 0 aromatic heterocycles. The SMILES string of the molecule is CN(C)c1cccc(C(=O)Nc2ccc(CO)cc2)c1. The third-order valence-electron chi connectivity index (χ3n) is 3.02. The van der Waals surface area contributed by atoms with Gasteiger partial charge in [0.15, 0.2) is 0 Å². The van der Waals surface area contributed by atoms with Crippen LogP contribution in [0.25, 0.3) is 0 Å². The molecule has 4 heteroatoms. The van der Waals surface area contributed by atoms with Gasteiger partial charge in [-0.1, -0.05) is 18.2 Å². The van der Waals surface area contributed by atoms with Crippen LogP contribution in [0.5, 0.6) is 0 Å². The maximum Gasteiger partial charge on any atom is 0.255 e. The second kappa shape index (κ2) is 6.21. The van der Waals surface area contributed by atoms with Crippen LogP contribution in [0.2, 0.25) is 0 Å². The number of carbonyl (C=O) groups is 1. The molecule has 1 amide bonds. The molecule has 2 aromatic carbocycles. The lowest BCUT2D eigenvalue weighted by Crippen LogP contribution is -2.14. The molecule has 2 aromatic rings. The van der Waals surface area contributed by atoms with Crippen molar-refractivity contribution in [3.8, 4) is 0 Å². The van der Waals surface area contributed by atoms with Crippen LogP contribution in [-0.4, -0.2) is 25.1 Å². The number of carbonyl (C=O) groups excluding carboxylic acids is 1. The van der Waals surface area contributed by atoms with Crippen LogP contribution in [0.3, 0.4) is 0 Å². The fraction of sp³-hybridized carbons (Fsp3) is 0.188.